The fourth-order valence-corrected chi connectivity index (χ4v) is 3.98. The van der Waals surface area contributed by atoms with Crippen LogP contribution in [-0.4, -0.2) is 15.5 Å². The topological polar surface area (TPSA) is 41.6 Å². The molecule has 0 spiro atoms. The summed E-state index contributed by atoms with van der Waals surface area (Å²) in [5, 5.41) is 16.3. The summed E-state index contributed by atoms with van der Waals surface area (Å²) in [4.78, 5) is 1.19. The van der Waals surface area contributed by atoms with Gasteiger partial charge in [-0.3, -0.25) is 4.68 Å². The first-order valence-corrected chi connectivity index (χ1v) is 7.98. The van der Waals surface area contributed by atoms with Crippen molar-refractivity contribution in [1.82, 2.24) is 9.78 Å². The molecule has 0 atom stereocenters. The van der Waals surface area contributed by atoms with Gasteiger partial charge in [0.05, 0.1) is 11.3 Å². The summed E-state index contributed by atoms with van der Waals surface area (Å²) in [7, 11) is 0. The van der Waals surface area contributed by atoms with Crippen LogP contribution in [-0.2, 0) is 6.54 Å². The SMILES string of the molecule is N#Cc1c2c(cc3ccccc13)SCCCn1nccc1-2. The lowest BCUT2D eigenvalue weighted by Crippen LogP contribution is -2.07. The number of benzene rings is 2. The molecule has 4 heteroatoms. The van der Waals surface area contributed by atoms with E-state index in [-0.39, 0.29) is 0 Å². The maximum Gasteiger partial charge on any atom is 0.101 e. The van der Waals surface area contributed by atoms with E-state index in [1.165, 1.54) is 4.90 Å². The number of aromatic nitrogens is 2. The highest BCUT2D eigenvalue weighted by molar-refractivity contribution is 7.99. The summed E-state index contributed by atoms with van der Waals surface area (Å²) in [6.45, 7) is 0.909. The summed E-state index contributed by atoms with van der Waals surface area (Å²) in [6.07, 6.45) is 2.92. The molecule has 0 amide bonds. The minimum atomic E-state index is 0.763. The summed E-state index contributed by atoms with van der Waals surface area (Å²) in [6, 6.07) is 14.8. The molecule has 4 rings (SSSR count). The quantitative estimate of drug-likeness (QED) is 0.627. The second kappa shape index (κ2) is 4.94. The van der Waals surface area contributed by atoms with Gasteiger partial charge in [-0.2, -0.15) is 10.4 Å². The predicted molar refractivity (Wildman–Crippen MR) is 85.2 cm³/mol. The van der Waals surface area contributed by atoms with Gasteiger partial charge in [0.15, 0.2) is 0 Å². The van der Waals surface area contributed by atoms with E-state index in [4.69, 9.17) is 0 Å². The largest absolute Gasteiger partial charge is 0.265 e. The minimum Gasteiger partial charge on any atom is -0.265 e. The summed E-state index contributed by atoms with van der Waals surface area (Å²) in [5.41, 5.74) is 2.86. The van der Waals surface area contributed by atoms with Crippen molar-refractivity contribution < 1.29 is 0 Å². The van der Waals surface area contributed by atoms with E-state index in [0.29, 0.717) is 0 Å². The first kappa shape index (κ1) is 12.5. The van der Waals surface area contributed by atoms with Crippen molar-refractivity contribution in [2.24, 2.45) is 0 Å². The van der Waals surface area contributed by atoms with E-state index in [1.807, 2.05) is 46.9 Å². The molecule has 3 nitrogen and oxygen atoms in total. The monoisotopic (exact) mass is 291 g/mol. The van der Waals surface area contributed by atoms with Gasteiger partial charge < -0.3 is 0 Å². The van der Waals surface area contributed by atoms with E-state index in [0.717, 1.165) is 46.3 Å². The molecule has 2 aromatic carbocycles. The molecule has 102 valence electrons. The highest BCUT2D eigenvalue weighted by Gasteiger charge is 2.20. The lowest BCUT2D eigenvalue weighted by atomic mass is 9.97. The van der Waals surface area contributed by atoms with Gasteiger partial charge in [-0.1, -0.05) is 24.3 Å². The van der Waals surface area contributed by atoms with Gasteiger partial charge in [-0.25, -0.2) is 0 Å². The fourth-order valence-electron chi connectivity index (χ4n) is 2.93. The molecule has 0 saturated carbocycles. The number of nitrogens with zero attached hydrogens (tertiary/aromatic N) is 3. The molecule has 3 aromatic rings. The maximum absolute atomic E-state index is 9.73. The normalized spacial score (nSPS) is 13.9. The van der Waals surface area contributed by atoms with Crippen LogP contribution in [0.3, 0.4) is 0 Å². The lowest BCUT2D eigenvalue weighted by Gasteiger charge is -2.18. The van der Waals surface area contributed by atoms with Crippen molar-refractivity contribution in [1.29, 1.82) is 5.26 Å². The van der Waals surface area contributed by atoms with Crippen molar-refractivity contribution in [2.45, 2.75) is 17.9 Å². The Labute approximate surface area is 127 Å². The standard InChI is InChI=1S/C17H13N3S/c18-11-14-13-5-2-1-4-12(13)10-16-17(14)15-6-7-19-20(15)8-3-9-21-16/h1-2,4-7,10H,3,8-9H2. The van der Waals surface area contributed by atoms with Crippen LogP contribution in [0, 0.1) is 11.3 Å². The summed E-state index contributed by atoms with van der Waals surface area (Å²) < 4.78 is 2.02. The van der Waals surface area contributed by atoms with Gasteiger partial charge in [0.2, 0.25) is 0 Å². The van der Waals surface area contributed by atoms with Crippen LogP contribution < -0.4 is 0 Å². The molecule has 0 unspecified atom stereocenters. The average Bonchev–Trinajstić information content (AvgIpc) is 2.95. The molecule has 0 bridgehead atoms. The lowest BCUT2D eigenvalue weighted by molar-refractivity contribution is 0.610. The highest BCUT2D eigenvalue weighted by atomic mass is 32.2. The maximum atomic E-state index is 9.73. The zero-order chi connectivity index (χ0) is 14.2. The van der Waals surface area contributed by atoms with Gasteiger partial charge in [0.1, 0.15) is 6.07 Å². The Kier molecular flexibility index (Phi) is 2.94. The molecular weight excluding hydrogens is 278 g/mol. The number of rotatable bonds is 0. The fraction of sp³-hybridized carbons (Fsp3) is 0.176. The van der Waals surface area contributed by atoms with Gasteiger partial charge in [0, 0.05) is 28.6 Å². The van der Waals surface area contributed by atoms with Crippen LogP contribution in [0.4, 0.5) is 0 Å². The smallest absolute Gasteiger partial charge is 0.101 e. The average molecular weight is 291 g/mol. The second-order valence-electron chi connectivity index (χ2n) is 5.10. The molecule has 0 fully saturated rings. The minimum absolute atomic E-state index is 0.763. The van der Waals surface area contributed by atoms with Crippen molar-refractivity contribution in [3.05, 3.63) is 48.2 Å². The van der Waals surface area contributed by atoms with Crippen LogP contribution >= 0.6 is 11.8 Å². The second-order valence-corrected chi connectivity index (χ2v) is 6.24. The van der Waals surface area contributed by atoms with E-state index < -0.39 is 0 Å². The molecule has 0 radical (unpaired) electrons. The van der Waals surface area contributed by atoms with E-state index in [2.05, 4.69) is 23.3 Å². The molecule has 1 aromatic heterocycles. The first-order chi connectivity index (χ1) is 10.4. The Morgan fingerprint density at radius 2 is 2.14 bits per heavy atom. The third-order valence-corrected chi connectivity index (χ3v) is 5.00. The Bertz CT molecular complexity index is 873. The molecule has 2 heterocycles. The van der Waals surface area contributed by atoms with Crippen molar-refractivity contribution in [3.63, 3.8) is 0 Å². The van der Waals surface area contributed by atoms with E-state index in [1.54, 1.807) is 0 Å². The highest BCUT2D eigenvalue weighted by Crippen LogP contribution is 2.40. The van der Waals surface area contributed by atoms with Crippen LogP contribution in [0.1, 0.15) is 12.0 Å². The van der Waals surface area contributed by atoms with Crippen LogP contribution in [0.5, 0.6) is 0 Å². The first-order valence-electron chi connectivity index (χ1n) is 6.99. The van der Waals surface area contributed by atoms with Crippen LogP contribution in [0.15, 0.2) is 47.5 Å². The Balaban J connectivity index is 2.14. The Hall–Kier alpha value is -2.25. The number of hydrogen-bond donors (Lipinski definition) is 0. The third kappa shape index (κ3) is 1.93. The molecule has 0 aliphatic carbocycles. The molecule has 1 aliphatic rings. The van der Waals surface area contributed by atoms with Gasteiger partial charge in [0.25, 0.3) is 0 Å². The number of aryl methyl sites for hydroxylation is 1. The van der Waals surface area contributed by atoms with Gasteiger partial charge in [-0.05, 0) is 29.7 Å². The zero-order valence-electron chi connectivity index (χ0n) is 11.4. The van der Waals surface area contributed by atoms with Crippen molar-refractivity contribution in [3.8, 4) is 17.3 Å². The van der Waals surface area contributed by atoms with Gasteiger partial charge >= 0.3 is 0 Å². The molecule has 0 saturated heterocycles. The number of thioether (sulfide) groups is 1. The molecular formula is C17H13N3S. The van der Waals surface area contributed by atoms with Crippen molar-refractivity contribution in [2.75, 3.05) is 5.75 Å². The predicted octanol–water partition coefficient (Wildman–Crippen LogP) is 4.07. The zero-order valence-corrected chi connectivity index (χ0v) is 12.2. The molecule has 1 aliphatic heterocycles. The Morgan fingerprint density at radius 3 is 3.05 bits per heavy atom. The van der Waals surface area contributed by atoms with Gasteiger partial charge in [-0.15, -0.1) is 11.8 Å². The number of fused-ring (bicyclic) bond motifs is 4. The summed E-state index contributed by atoms with van der Waals surface area (Å²) in [5.74, 6) is 1.05. The molecule has 21 heavy (non-hydrogen) atoms. The Morgan fingerprint density at radius 1 is 1.24 bits per heavy atom. The van der Waals surface area contributed by atoms with E-state index in [9.17, 15) is 5.26 Å². The van der Waals surface area contributed by atoms with Crippen molar-refractivity contribution >= 4 is 22.5 Å². The molecule has 0 N–H and O–H groups in total. The van der Waals surface area contributed by atoms with Crippen LogP contribution in [0.25, 0.3) is 22.0 Å². The number of hydrogen-bond acceptors (Lipinski definition) is 3. The van der Waals surface area contributed by atoms with E-state index >= 15 is 0 Å². The summed E-state index contributed by atoms with van der Waals surface area (Å²) >= 11 is 1.84. The van der Waals surface area contributed by atoms with Crippen LogP contribution in [0.2, 0.25) is 0 Å². The third-order valence-electron chi connectivity index (χ3n) is 3.87. The number of nitriles is 1.